The first kappa shape index (κ1) is 15.2. The fraction of sp³-hybridized carbons (Fsp3) is 0.647. The summed E-state index contributed by atoms with van der Waals surface area (Å²) in [6, 6.07) is 6.08. The lowest BCUT2D eigenvalue weighted by molar-refractivity contribution is 0.168. The van der Waals surface area contributed by atoms with Crippen molar-refractivity contribution in [3.63, 3.8) is 0 Å². The van der Waals surface area contributed by atoms with Crippen LogP contribution in [-0.2, 0) is 0 Å². The number of unbranched alkanes of at least 4 members (excludes halogenated alkanes) is 1. The molecule has 1 aliphatic rings. The topological polar surface area (TPSA) is 44.5 Å². The summed E-state index contributed by atoms with van der Waals surface area (Å²) in [5.74, 6) is 2.40. The first-order valence-electron chi connectivity index (χ1n) is 7.90. The average Bonchev–Trinajstić information content (AvgIpc) is 2.50. The standard InChI is InChI=1S/C17H27NO2/c1-3-5-7-13(4-2)12-15(18)14-8-6-9-16-17(14)20-11-10-19-16/h6,8-9,13,15H,3-5,7,10-12,18H2,1-2H3. The molecule has 0 radical (unpaired) electrons. The van der Waals surface area contributed by atoms with E-state index in [0.717, 1.165) is 23.5 Å². The lowest BCUT2D eigenvalue weighted by Crippen LogP contribution is -2.21. The zero-order valence-electron chi connectivity index (χ0n) is 12.7. The predicted molar refractivity (Wildman–Crippen MR) is 82.3 cm³/mol. The third-order valence-corrected chi connectivity index (χ3v) is 4.13. The highest BCUT2D eigenvalue weighted by Crippen LogP contribution is 2.38. The molecule has 1 aromatic carbocycles. The summed E-state index contributed by atoms with van der Waals surface area (Å²) in [6.07, 6.45) is 6.03. The highest BCUT2D eigenvalue weighted by molar-refractivity contribution is 5.48. The molecule has 2 atom stereocenters. The summed E-state index contributed by atoms with van der Waals surface area (Å²) >= 11 is 0. The van der Waals surface area contributed by atoms with Gasteiger partial charge in [-0.3, -0.25) is 0 Å². The zero-order valence-corrected chi connectivity index (χ0v) is 12.7. The number of ether oxygens (including phenoxy) is 2. The van der Waals surface area contributed by atoms with Crippen LogP contribution in [0.1, 0.15) is 57.6 Å². The molecule has 0 saturated heterocycles. The molecule has 0 fully saturated rings. The molecule has 1 aliphatic heterocycles. The molecular weight excluding hydrogens is 250 g/mol. The summed E-state index contributed by atoms with van der Waals surface area (Å²) in [5, 5.41) is 0. The van der Waals surface area contributed by atoms with E-state index in [0.29, 0.717) is 19.1 Å². The normalized spacial score (nSPS) is 16.8. The Kier molecular flexibility index (Phi) is 5.72. The largest absolute Gasteiger partial charge is 0.486 e. The Morgan fingerprint density at radius 1 is 1.20 bits per heavy atom. The monoisotopic (exact) mass is 277 g/mol. The molecular formula is C17H27NO2. The Morgan fingerprint density at radius 2 is 2.00 bits per heavy atom. The summed E-state index contributed by atoms with van der Waals surface area (Å²) < 4.78 is 11.4. The lowest BCUT2D eigenvalue weighted by atomic mass is 9.89. The third-order valence-electron chi connectivity index (χ3n) is 4.13. The van der Waals surface area contributed by atoms with Crippen LogP contribution in [0.3, 0.4) is 0 Å². The van der Waals surface area contributed by atoms with Crippen LogP contribution in [0, 0.1) is 5.92 Å². The molecule has 1 aromatic rings. The van der Waals surface area contributed by atoms with Gasteiger partial charge in [0.05, 0.1) is 0 Å². The first-order chi connectivity index (χ1) is 9.76. The minimum Gasteiger partial charge on any atom is -0.486 e. The highest BCUT2D eigenvalue weighted by atomic mass is 16.6. The molecule has 1 heterocycles. The van der Waals surface area contributed by atoms with E-state index in [1.54, 1.807) is 0 Å². The molecule has 3 nitrogen and oxygen atoms in total. The number of para-hydroxylation sites is 1. The Hall–Kier alpha value is -1.22. The van der Waals surface area contributed by atoms with Crippen molar-refractivity contribution in [1.29, 1.82) is 0 Å². The van der Waals surface area contributed by atoms with E-state index in [2.05, 4.69) is 19.9 Å². The van der Waals surface area contributed by atoms with E-state index >= 15 is 0 Å². The van der Waals surface area contributed by atoms with Gasteiger partial charge in [-0.2, -0.15) is 0 Å². The second-order valence-electron chi connectivity index (χ2n) is 5.63. The van der Waals surface area contributed by atoms with Gasteiger partial charge in [-0.05, 0) is 18.4 Å². The second-order valence-corrected chi connectivity index (χ2v) is 5.63. The van der Waals surface area contributed by atoms with Gasteiger partial charge in [-0.15, -0.1) is 0 Å². The van der Waals surface area contributed by atoms with Crippen molar-refractivity contribution in [3.05, 3.63) is 23.8 Å². The minimum absolute atomic E-state index is 0.0356. The number of fused-ring (bicyclic) bond motifs is 1. The van der Waals surface area contributed by atoms with Gasteiger partial charge in [0.2, 0.25) is 0 Å². The Bertz CT molecular complexity index is 419. The molecule has 20 heavy (non-hydrogen) atoms. The van der Waals surface area contributed by atoms with Gasteiger partial charge in [0.15, 0.2) is 11.5 Å². The highest BCUT2D eigenvalue weighted by Gasteiger charge is 2.21. The lowest BCUT2D eigenvalue weighted by Gasteiger charge is -2.25. The van der Waals surface area contributed by atoms with Gasteiger partial charge in [0, 0.05) is 11.6 Å². The number of nitrogens with two attached hydrogens (primary N) is 1. The molecule has 0 aromatic heterocycles. The minimum atomic E-state index is 0.0356. The molecule has 112 valence electrons. The molecule has 0 saturated carbocycles. The molecule has 2 rings (SSSR count). The van der Waals surface area contributed by atoms with E-state index in [4.69, 9.17) is 15.2 Å². The van der Waals surface area contributed by atoms with Gasteiger partial charge >= 0.3 is 0 Å². The molecule has 0 bridgehead atoms. The molecule has 3 heteroatoms. The number of hydrogen-bond acceptors (Lipinski definition) is 3. The van der Waals surface area contributed by atoms with Gasteiger partial charge in [-0.25, -0.2) is 0 Å². The van der Waals surface area contributed by atoms with Crippen LogP contribution >= 0.6 is 0 Å². The van der Waals surface area contributed by atoms with Crippen molar-refractivity contribution in [2.45, 2.75) is 52.0 Å². The zero-order chi connectivity index (χ0) is 14.4. The van der Waals surface area contributed by atoms with Gasteiger partial charge in [0.25, 0.3) is 0 Å². The number of benzene rings is 1. The third kappa shape index (κ3) is 3.66. The smallest absolute Gasteiger partial charge is 0.166 e. The Labute approximate surface area is 122 Å². The van der Waals surface area contributed by atoms with Crippen LogP contribution in [-0.4, -0.2) is 13.2 Å². The van der Waals surface area contributed by atoms with Crippen molar-refractivity contribution in [3.8, 4) is 11.5 Å². The summed E-state index contributed by atoms with van der Waals surface area (Å²) in [5.41, 5.74) is 7.53. The van der Waals surface area contributed by atoms with Crippen LogP contribution in [0.2, 0.25) is 0 Å². The molecule has 0 spiro atoms. The molecule has 0 amide bonds. The first-order valence-corrected chi connectivity index (χ1v) is 7.90. The van der Waals surface area contributed by atoms with E-state index in [1.165, 1.54) is 25.7 Å². The second kappa shape index (κ2) is 7.53. The Morgan fingerprint density at radius 3 is 2.75 bits per heavy atom. The van der Waals surface area contributed by atoms with Crippen molar-refractivity contribution in [1.82, 2.24) is 0 Å². The Balaban J connectivity index is 2.06. The van der Waals surface area contributed by atoms with Gasteiger partial charge in [0.1, 0.15) is 13.2 Å². The summed E-state index contributed by atoms with van der Waals surface area (Å²) in [6.45, 7) is 5.74. The van der Waals surface area contributed by atoms with E-state index in [9.17, 15) is 0 Å². The number of hydrogen-bond donors (Lipinski definition) is 1. The van der Waals surface area contributed by atoms with Crippen LogP contribution in [0.15, 0.2) is 18.2 Å². The maximum absolute atomic E-state index is 6.43. The molecule has 2 N–H and O–H groups in total. The van der Waals surface area contributed by atoms with Crippen LogP contribution in [0.5, 0.6) is 11.5 Å². The average molecular weight is 277 g/mol. The van der Waals surface area contributed by atoms with Gasteiger partial charge < -0.3 is 15.2 Å². The van der Waals surface area contributed by atoms with E-state index < -0.39 is 0 Å². The molecule has 0 aliphatic carbocycles. The quantitative estimate of drug-likeness (QED) is 0.817. The van der Waals surface area contributed by atoms with E-state index in [1.807, 2.05) is 12.1 Å². The van der Waals surface area contributed by atoms with Crippen molar-refractivity contribution in [2.75, 3.05) is 13.2 Å². The molecule has 2 unspecified atom stereocenters. The van der Waals surface area contributed by atoms with E-state index in [-0.39, 0.29) is 6.04 Å². The van der Waals surface area contributed by atoms with Crippen molar-refractivity contribution in [2.24, 2.45) is 11.7 Å². The fourth-order valence-electron chi connectivity index (χ4n) is 2.86. The fourth-order valence-corrected chi connectivity index (χ4v) is 2.86. The number of rotatable bonds is 7. The van der Waals surface area contributed by atoms with Crippen LogP contribution in [0.25, 0.3) is 0 Å². The summed E-state index contributed by atoms with van der Waals surface area (Å²) in [7, 11) is 0. The summed E-state index contributed by atoms with van der Waals surface area (Å²) in [4.78, 5) is 0. The predicted octanol–water partition coefficient (Wildman–Crippen LogP) is 4.06. The van der Waals surface area contributed by atoms with Crippen molar-refractivity contribution < 1.29 is 9.47 Å². The maximum Gasteiger partial charge on any atom is 0.166 e. The van der Waals surface area contributed by atoms with Crippen LogP contribution < -0.4 is 15.2 Å². The van der Waals surface area contributed by atoms with Gasteiger partial charge in [-0.1, -0.05) is 51.7 Å². The SMILES string of the molecule is CCCCC(CC)CC(N)c1cccc2c1OCCO2. The van der Waals surface area contributed by atoms with Crippen LogP contribution in [0.4, 0.5) is 0 Å². The van der Waals surface area contributed by atoms with Crippen molar-refractivity contribution >= 4 is 0 Å². The maximum atomic E-state index is 6.43.